The van der Waals surface area contributed by atoms with Crippen molar-refractivity contribution in [1.82, 2.24) is 29.7 Å². The lowest BCUT2D eigenvalue weighted by Crippen LogP contribution is -2.48. The third-order valence-corrected chi connectivity index (χ3v) is 4.27. The van der Waals surface area contributed by atoms with Gasteiger partial charge in [-0.15, -0.1) is 0 Å². The van der Waals surface area contributed by atoms with Gasteiger partial charge in [0.2, 0.25) is 0 Å². The number of rotatable bonds is 3. The zero-order valence-corrected chi connectivity index (χ0v) is 13.5. The summed E-state index contributed by atoms with van der Waals surface area (Å²) in [4.78, 5) is 19.1. The Labute approximate surface area is 139 Å². The summed E-state index contributed by atoms with van der Waals surface area (Å²) in [5.74, 6) is 0.793. The van der Waals surface area contributed by atoms with Crippen molar-refractivity contribution >= 4 is 17.4 Å². The van der Waals surface area contributed by atoms with E-state index >= 15 is 0 Å². The summed E-state index contributed by atoms with van der Waals surface area (Å²) in [6.45, 7) is 1.68. The zero-order valence-electron chi connectivity index (χ0n) is 13.5. The molecular formula is C16H19N7O. The molecule has 1 atom stereocenters. The van der Waals surface area contributed by atoms with E-state index < -0.39 is 0 Å². The number of nitrogens with zero attached hydrogens (tertiary/aromatic N) is 6. The fraction of sp³-hybridized carbons (Fsp3) is 0.375. The summed E-state index contributed by atoms with van der Waals surface area (Å²) in [5, 5.41) is 11.4. The van der Waals surface area contributed by atoms with Crippen LogP contribution in [0.4, 0.5) is 5.82 Å². The molecule has 124 valence electrons. The van der Waals surface area contributed by atoms with E-state index in [1.165, 1.54) is 0 Å². The highest BCUT2D eigenvalue weighted by molar-refractivity contribution is 5.92. The monoisotopic (exact) mass is 325 g/mol. The second-order valence-corrected chi connectivity index (χ2v) is 6.05. The molecule has 3 aromatic rings. The van der Waals surface area contributed by atoms with Crippen molar-refractivity contribution in [3.63, 3.8) is 0 Å². The molecule has 0 saturated carbocycles. The number of hydrogen-bond donors (Lipinski definition) is 1. The average molecular weight is 325 g/mol. The third kappa shape index (κ3) is 2.82. The van der Waals surface area contributed by atoms with Crippen LogP contribution in [0.1, 0.15) is 23.3 Å². The third-order valence-electron chi connectivity index (χ3n) is 4.27. The maximum Gasteiger partial charge on any atom is 0.272 e. The summed E-state index contributed by atoms with van der Waals surface area (Å²) in [6.07, 6.45) is 7.39. The molecule has 1 aliphatic rings. The molecule has 1 saturated heterocycles. The smallest absolute Gasteiger partial charge is 0.272 e. The van der Waals surface area contributed by atoms with Crippen LogP contribution < -0.4 is 10.2 Å². The molecule has 0 spiro atoms. The van der Waals surface area contributed by atoms with Crippen molar-refractivity contribution in [3.8, 4) is 0 Å². The minimum absolute atomic E-state index is 0.0937. The van der Waals surface area contributed by atoms with Crippen LogP contribution >= 0.6 is 0 Å². The molecule has 4 heterocycles. The van der Waals surface area contributed by atoms with Gasteiger partial charge in [0.1, 0.15) is 11.5 Å². The van der Waals surface area contributed by atoms with Gasteiger partial charge in [-0.2, -0.15) is 10.2 Å². The van der Waals surface area contributed by atoms with Crippen LogP contribution in [-0.4, -0.2) is 49.4 Å². The van der Waals surface area contributed by atoms with Gasteiger partial charge in [-0.1, -0.05) is 0 Å². The standard InChI is InChI=1S/C16H19N7O/c1-21-9-5-13(20-21)16(24)18-12-3-2-8-22(11-12)14-6-10-23-15(19-14)4-7-17-23/h4-7,9-10,12H,2-3,8,11H2,1H3,(H,18,24). The second-order valence-electron chi connectivity index (χ2n) is 6.05. The first-order valence-corrected chi connectivity index (χ1v) is 8.05. The van der Waals surface area contributed by atoms with Crippen molar-refractivity contribution < 1.29 is 4.79 Å². The molecule has 1 unspecified atom stereocenters. The Morgan fingerprint density at radius 2 is 2.21 bits per heavy atom. The molecule has 1 amide bonds. The molecule has 8 heteroatoms. The predicted molar refractivity (Wildman–Crippen MR) is 88.9 cm³/mol. The summed E-state index contributed by atoms with van der Waals surface area (Å²) >= 11 is 0. The number of carbonyl (C=O) groups is 1. The highest BCUT2D eigenvalue weighted by Crippen LogP contribution is 2.18. The minimum Gasteiger partial charge on any atom is -0.354 e. The van der Waals surface area contributed by atoms with Gasteiger partial charge in [-0.3, -0.25) is 9.48 Å². The van der Waals surface area contributed by atoms with Gasteiger partial charge in [-0.25, -0.2) is 9.50 Å². The summed E-state index contributed by atoms with van der Waals surface area (Å²) < 4.78 is 3.38. The fourth-order valence-corrected chi connectivity index (χ4v) is 3.08. The molecule has 0 bridgehead atoms. The number of fused-ring (bicyclic) bond motifs is 1. The van der Waals surface area contributed by atoms with Crippen LogP contribution in [0.15, 0.2) is 36.8 Å². The Morgan fingerprint density at radius 1 is 1.29 bits per heavy atom. The first-order chi connectivity index (χ1) is 11.7. The van der Waals surface area contributed by atoms with Gasteiger partial charge in [-0.05, 0) is 25.0 Å². The summed E-state index contributed by atoms with van der Waals surface area (Å²) in [5.41, 5.74) is 1.28. The van der Waals surface area contributed by atoms with Gasteiger partial charge in [0.05, 0.1) is 6.20 Å². The van der Waals surface area contributed by atoms with Gasteiger partial charge in [0.15, 0.2) is 5.65 Å². The van der Waals surface area contributed by atoms with Crippen LogP contribution in [0.2, 0.25) is 0 Å². The normalized spacial score (nSPS) is 18.0. The number of amides is 1. The zero-order chi connectivity index (χ0) is 16.5. The quantitative estimate of drug-likeness (QED) is 0.772. The number of hydrogen-bond acceptors (Lipinski definition) is 5. The van der Waals surface area contributed by atoms with Gasteiger partial charge in [0.25, 0.3) is 5.91 Å². The van der Waals surface area contributed by atoms with Crippen LogP contribution in [0.3, 0.4) is 0 Å². The maximum atomic E-state index is 12.3. The van der Waals surface area contributed by atoms with Crippen molar-refractivity contribution in [1.29, 1.82) is 0 Å². The first-order valence-electron chi connectivity index (χ1n) is 8.05. The van der Waals surface area contributed by atoms with Crippen molar-refractivity contribution in [2.75, 3.05) is 18.0 Å². The molecule has 3 aromatic heterocycles. The summed E-state index contributed by atoms with van der Waals surface area (Å²) in [7, 11) is 1.80. The highest BCUT2D eigenvalue weighted by atomic mass is 16.2. The molecule has 0 radical (unpaired) electrons. The van der Waals surface area contributed by atoms with E-state index in [1.807, 2.05) is 18.3 Å². The van der Waals surface area contributed by atoms with Gasteiger partial charge >= 0.3 is 0 Å². The Balaban J connectivity index is 1.46. The van der Waals surface area contributed by atoms with Crippen LogP contribution in [0.5, 0.6) is 0 Å². The largest absolute Gasteiger partial charge is 0.354 e. The Bertz CT molecular complexity index is 868. The number of anilines is 1. The Kier molecular flexibility index (Phi) is 3.64. The molecule has 0 aromatic carbocycles. The molecule has 0 aliphatic carbocycles. The van der Waals surface area contributed by atoms with E-state index in [2.05, 4.69) is 25.4 Å². The maximum absolute atomic E-state index is 12.3. The molecule has 1 N–H and O–H groups in total. The van der Waals surface area contributed by atoms with Gasteiger partial charge < -0.3 is 10.2 Å². The van der Waals surface area contributed by atoms with E-state index in [4.69, 9.17) is 0 Å². The second kappa shape index (κ2) is 5.95. The molecule has 1 aliphatic heterocycles. The lowest BCUT2D eigenvalue weighted by Gasteiger charge is -2.33. The molecule has 1 fully saturated rings. The van der Waals surface area contributed by atoms with Crippen LogP contribution in [0, 0.1) is 0 Å². The number of aromatic nitrogens is 5. The van der Waals surface area contributed by atoms with Crippen molar-refractivity contribution in [3.05, 3.63) is 42.5 Å². The molecular weight excluding hydrogens is 306 g/mol. The number of nitrogens with one attached hydrogen (secondary N) is 1. The number of aryl methyl sites for hydroxylation is 1. The fourth-order valence-electron chi connectivity index (χ4n) is 3.08. The Morgan fingerprint density at radius 3 is 3.04 bits per heavy atom. The lowest BCUT2D eigenvalue weighted by molar-refractivity contribution is 0.0927. The van der Waals surface area contributed by atoms with Crippen molar-refractivity contribution in [2.45, 2.75) is 18.9 Å². The summed E-state index contributed by atoms with van der Waals surface area (Å²) in [6, 6.07) is 5.66. The SMILES string of the molecule is Cn1ccc(C(=O)NC2CCCN(c3ccn4nccc4n3)C2)n1. The average Bonchev–Trinajstić information content (AvgIpc) is 3.23. The van der Waals surface area contributed by atoms with E-state index in [1.54, 1.807) is 34.7 Å². The van der Waals surface area contributed by atoms with E-state index in [0.717, 1.165) is 37.4 Å². The molecule has 8 nitrogen and oxygen atoms in total. The van der Waals surface area contributed by atoms with E-state index in [-0.39, 0.29) is 11.9 Å². The van der Waals surface area contributed by atoms with Crippen LogP contribution in [-0.2, 0) is 7.05 Å². The van der Waals surface area contributed by atoms with Gasteiger partial charge in [0, 0.05) is 44.6 Å². The predicted octanol–water partition coefficient (Wildman–Crippen LogP) is 0.862. The molecule has 4 rings (SSSR count). The number of carbonyl (C=O) groups excluding carboxylic acids is 1. The minimum atomic E-state index is -0.123. The molecule has 24 heavy (non-hydrogen) atoms. The van der Waals surface area contributed by atoms with E-state index in [0.29, 0.717) is 5.69 Å². The highest BCUT2D eigenvalue weighted by Gasteiger charge is 2.23. The van der Waals surface area contributed by atoms with E-state index in [9.17, 15) is 4.79 Å². The lowest BCUT2D eigenvalue weighted by atomic mass is 10.1. The van der Waals surface area contributed by atoms with Crippen LogP contribution in [0.25, 0.3) is 5.65 Å². The van der Waals surface area contributed by atoms with Crippen molar-refractivity contribution in [2.24, 2.45) is 7.05 Å². The number of piperidine rings is 1. The Hall–Kier alpha value is -2.90. The topological polar surface area (TPSA) is 80.4 Å². The first kappa shape index (κ1) is 14.7.